The molecular weight excluding hydrogens is 620 g/mol. The molecule has 0 saturated carbocycles. The van der Waals surface area contributed by atoms with E-state index in [1.165, 1.54) is 31.1 Å². The summed E-state index contributed by atoms with van der Waals surface area (Å²) >= 11 is 6.09. The summed E-state index contributed by atoms with van der Waals surface area (Å²) in [5.74, 6) is 0. The summed E-state index contributed by atoms with van der Waals surface area (Å²) in [6.07, 6.45) is -9.69. The third-order valence-corrected chi connectivity index (χ3v) is 4.59. The van der Waals surface area contributed by atoms with E-state index in [4.69, 9.17) is 10.00 Å². The van der Waals surface area contributed by atoms with Gasteiger partial charge in [0.05, 0.1) is 30.6 Å². The lowest BCUT2D eigenvalue weighted by molar-refractivity contribution is -0.138. The van der Waals surface area contributed by atoms with E-state index < -0.39 is 35.2 Å². The number of carbonyl (C=O) groups excluding carboxylic acids is 1. The smallest absolute Gasteiger partial charge is 0.417 e. The normalized spacial score (nSPS) is 10.9. The van der Waals surface area contributed by atoms with Crippen LogP contribution in [-0.2, 0) is 23.6 Å². The number of rotatable bonds is 2. The number of alkyl carbamates (subject to hydrolysis) is 1. The van der Waals surface area contributed by atoms with E-state index in [0.717, 1.165) is 18.2 Å². The zero-order valence-corrected chi connectivity index (χ0v) is 22.8. The van der Waals surface area contributed by atoms with Gasteiger partial charge in [-0.1, -0.05) is 38.7 Å². The van der Waals surface area contributed by atoms with Crippen LogP contribution < -0.4 is 5.32 Å². The van der Waals surface area contributed by atoms with Crippen molar-refractivity contribution >= 4 is 54.2 Å². The van der Waals surface area contributed by atoms with Gasteiger partial charge in [-0.25, -0.2) is 4.79 Å². The van der Waals surface area contributed by atoms with Crippen molar-refractivity contribution in [3.8, 4) is 6.07 Å². The Morgan fingerprint density at radius 2 is 1.39 bits per heavy atom. The van der Waals surface area contributed by atoms with Gasteiger partial charge < -0.3 is 10.1 Å². The third kappa shape index (κ3) is 13.3. The summed E-state index contributed by atoms with van der Waals surface area (Å²) in [6.45, 7) is 6.26. The first-order valence-corrected chi connectivity index (χ1v) is 11.2. The molecule has 14 heteroatoms. The van der Waals surface area contributed by atoms with Gasteiger partial charge >= 0.3 is 18.4 Å². The number of alkyl halides is 6. The van der Waals surface area contributed by atoms with Crippen LogP contribution in [0.2, 0.25) is 6.82 Å². The van der Waals surface area contributed by atoms with Crippen molar-refractivity contribution in [2.45, 2.75) is 52.1 Å². The largest absolute Gasteiger partial charge is 0.444 e. The van der Waals surface area contributed by atoms with Crippen molar-refractivity contribution in [1.82, 2.24) is 5.32 Å². The molecular formula is C22H21B2Br2F6N2O2. The number of hydrogen-bond acceptors (Lipinski definition) is 3. The van der Waals surface area contributed by atoms with Crippen molar-refractivity contribution < 1.29 is 35.9 Å². The van der Waals surface area contributed by atoms with Crippen LogP contribution in [0.5, 0.6) is 0 Å². The standard InChI is InChI=1S/C13H15BrF3NO2.C8H3BrF3N.CH3B.B/c1-12(2,3)20-11(19)18-7-8-6-9(14)4-5-10(8)13(15,16)17;9-6-1-2-7(8(10,11)12)5(3-6)4-13;1-2;/h4-6H,7H2,1-3H3,(H,18,19);1-3H;1H3;. The SMILES string of the molecule is CC(C)(C)OC(=O)NCc1cc(Br)ccc1C(F)(F)F.N#Cc1cc(Br)ccc1C(F)(F)F.[B].[B]C. The highest BCUT2D eigenvalue weighted by Crippen LogP contribution is 2.34. The minimum atomic E-state index is -4.47. The summed E-state index contributed by atoms with van der Waals surface area (Å²) in [5.41, 5.74) is -2.79. The van der Waals surface area contributed by atoms with Crippen molar-refractivity contribution in [2.75, 3.05) is 0 Å². The molecule has 1 amide bonds. The zero-order chi connectivity index (χ0) is 27.6. The van der Waals surface area contributed by atoms with Crippen molar-refractivity contribution in [1.29, 1.82) is 5.26 Å². The highest BCUT2D eigenvalue weighted by atomic mass is 79.9. The summed E-state index contributed by atoms with van der Waals surface area (Å²) in [7, 11) is 4.50. The molecule has 0 aliphatic heterocycles. The summed E-state index contributed by atoms with van der Waals surface area (Å²) < 4.78 is 81.0. The van der Waals surface area contributed by atoms with E-state index in [-0.39, 0.29) is 26.1 Å². The molecule has 0 aliphatic rings. The van der Waals surface area contributed by atoms with Crippen LogP contribution in [0.4, 0.5) is 31.1 Å². The molecule has 2 aromatic carbocycles. The van der Waals surface area contributed by atoms with Crippen LogP contribution in [0.25, 0.3) is 0 Å². The monoisotopic (exact) mass is 639 g/mol. The third-order valence-electron chi connectivity index (χ3n) is 3.60. The Kier molecular flexibility index (Phi) is 15.2. The molecule has 0 atom stereocenters. The predicted molar refractivity (Wildman–Crippen MR) is 133 cm³/mol. The van der Waals surface area contributed by atoms with E-state index in [9.17, 15) is 31.1 Å². The lowest BCUT2D eigenvalue weighted by atomic mass is 10.1. The van der Waals surface area contributed by atoms with Crippen LogP contribution >= 0.6 is 31.9 Å². The number of amides is 1. The first-order valence-electron chi connectivity index (χ1n) is 9.61. The van der Waals surface area contributed by atoms with Crippen LogP contribution in [-0.4, -0.2) is 28.0 Å². The molecule has 193 valence electrons. The first-order chi connectivity index (χ1) is 15.9. The van der Waals surface area contributed by atoms with E-state index in [1.807, 2.05) is 0 Å². The summed E-state index contributed by atoms with van der Waals surface area (Å²) in [4.78, 5) is 11.5. The Balaban J connectivity index is 0. The van der Waals surface area contributed by atoms with Crippen LogP contribution in [0, 0.1) is 11.3 Å². The molecule has 2 aromatic rings. The molecule has 4 nitrogen and oxygen atoms in total. The van der Waals surface area contributed by atoms with Gasteiger partial charge in [-0.3, -0.25) is 0 Å². The Bertz CT molecular complexity index is 1040. The lowest BCUT2D eigenvalue weighted by Crippen LogP contribution is -2.32. The highest BCUT2D eigenvalue weighted by Gasteiger charge is 2.34. The van der Waals surface area contributed by atoms with Crippen LogP contribution in [0.1, 0.15) is 43.0 Å². The topological polar surface area (TPSA) is 62.1 Å². The molecule has 5 radical (unpaired) electrons. The zero-order valence-electron chi connectivity index (χ0n) is 19.6. The van der Waals surface area contributed by atoms with Crippen LogP contribution in [0.15, 0.2) is 45.3 Å². The number of nitrogens with zero attached hydrogens (tertiary/aromatic N) is 1. The number of carbonyl (C=O) groups is 1. The maximum Gasteiger partial charge on any atom is 0.417 e. The van der Waals surface area contributed by atoms with Gasteiger partial charge in [-0.05, 0) is 62.7 Å². The second-order valence-electron chi connectivity index (χ2n) is 7.45. The molecule has 0 aromatic heterocycles. The summed E-state index contributed by atoms with van der Waals surface area (Å²) in [6, 6.07) is 8.36. The molecule has 0 unspecified atom stereocenters. The average Bonchev–Trinajstić information content (AvgIpc) is 2.71. The second-order valence-corrected chi connectivity index (χ2v) is 9.29. The summed E-state index contributed by atoms with van der Waals surface area (Å²) in [5, 5.41) is 10.7. The molecule has 0 spiro atoms. The lowest BCUT2D eigenvalue weighted by Gasteiger charge is -2.20. The minimum absolute atomic E-state index is 0. The first kappa shape index (κ1) is 36.0. The fourth-order valence-electron chi connectivity index (χ4n) is 2.32. The van der Waals surface area contributed by atoms with E-state index in [2.05, 4.69) is 45.0 Å². The van der Waals surface area contributed by atoms with Crippen molar-refractivity contribution in [2.24, 2.45) is 0 Å². The van der Waals surface area contributed by atoms with Gasteiger partial charge in [0.15, 0.2) is 0 Å². The number of hydrogen-bond donors (Lipinski definition) is 1. The molecule has 0 fully saturated rings. The molecule has 0 aliphatic carbocycles. The Morgan fingerprint density at radius 3 is 1.81 bits per heavy atom. The van der Waals surface area contributed by atoms with E-state index >= 15 is 0 Å². The Morgan fingerprint density at radius 1 is 0.944 bits per heavy atom. The van der Waals surface area contributed by atoms with Gasteiger partial charge in [-0.15, -0.1) is 0 Å². The van der Waals surface area contributed by atoms with Gasteiger partial charge in [0.25, 0.3) is 0 Å². The fourth-order valence-corrected chi connectivity index (χ4v) is 3.09. The van der Waals surface area contributed by atoms with Crippen molar-refractivity contribution in [3.63, 3.8) is 0 Å². The van der Waals surface area contributed by atoms with Gasteiger partial charge in [0.1, 0.15) is 5.60 Å². The predicted octanol–water partition coefficient (Wildman–Crippen LogP) is 7.65. The van der Waals surface area contributed by atoms with Gasteiger partial charge in [-0.2, -0.15) is 31.6 Å². The quantitative estimate of drug-likeness (QED) is 0.271. The van der Waals surface area contributed by atoms with Gasteiger partial charge in [0.2, 0.25) is 0 Å². The maximum atomic E-state index is 12.8. The van der Waals surface area contributed by atoms with Gasteiger partial charge in [0, 0.05) is 23.9 Å². The van der Waals surface area contributed by atoms with Crippen LogP contribution in [0.3, 0.4) is 0 Å². The maximum absolute atomic E-state index is 12.8. The fraction of sp³-hybridized carbons (Fsp3) is 0.364. The van der Waals surface area contributed by atoms with E-state index in [1.54, 1.807) is 20.8 Å². The molecule has 2 rings (SSSR count). The number of nitrogens with one attached hydrogen (secondary N) is 1. The molecule has 36 heavy (non-hydrogen) atoms. The number of benzene rings is 2. The molecule has 1 N–H and O–H groups in total. The average molecular weight is 641 g/mol. The molecule has 0 heterocycles. The number of halogens is 8. The molecule has 0 saturated heterocycles. The second kappa shape index (κ2) is 15.2. The minimum Gasteiger partial charge on any atom is -0.444 e. The highest BCUT2D eigenvalue weighted by molar-refractivity contribution is 9.10. The Labute approximate surface area is 226 Å². The Hall–Kier alpha value is -2.13. The number of nitriles is 1. The number of ether oxygens (including phenoxy) is 1. The van der Waals surface area contributed by atoms with E-state index in [0.29, 0.717) is 8.95 Å². The molecule has 0 bridgehead atoms. The van der Waals surface area contributed by atoms with Crippen molar-refractivity contribution in [3.05, 3.63) is 67.6 Å².